The van der Waals surface area contributed by atoms with Crippen molar-refractivity contribution in [2.75, 3.05) is 11.4 Å². The summed E-state index contributed by atoms with van der Waals surface area (Å²) < 4.78 is 0.431. The lowest BCUT2D eigenvalue weighted by Crippen LogP contribution is -2.28. The Morgan fingerprint density at radius 3 is 2.68 bits per heavy atom. The molecule has 19 heavy (non-hydrogen) atoms. The molecule has 0 saturated carbocycles. The molecule has 1 aliphatic heterocycles. The number of carbonyl (C=O) groups excluding carboxylic acids is 2. The third-order valence-electron chi connectivity index (χ3n) is 2.96. The molecular weight excluding hydrogens is 318 g/mol. The molecule has 0 aliphatic carbocycles. The van der Waals surface area contributed by atoms with Gasteiger partial charge in [0.25, 0.3) is 5.69 Å². The predicted octanol–water partition coefficient (Wildman–Crippen LogP) is 1.20. The topological polar surface area (TPSA) is 107 Å². The van der Waals surface area contributed by atoms with Gasteiger partial charge in [-0.05, 0) is 22.0 Å². The van der Waals surface area contributed by atoms with Gasteiger partial charge in [-0.2, -0.15) is 0 Å². The minimum Gasteiger partial charge on any atom is -0.369 e. The molecule has 1 atom stereocenters. The third-order valence-corrected chi connectivity index (χ3v) is 3.60. The van der Waals surface area contributed by atoms with Crippen LogP contribution in [0.25, 0.3) is 0 Å². The zero-order chi connectivity index (χ0) is 14.2. The number of hydrogen-bond acceptors (Lipinski definition) is 4. The van der Waals surface area contributed by atoms with E-state index >= 15 is 0 Å². The standard InChI is InChI=1S/C11H10BrN3O4/c12-8-4-7(15(18)19)1-2-9(8)14-5-6(11(13)17)3-10(14)16/h1-2,4,6H,3,5H2,(H2,13,17). The van der Waals surface area contributed by atoms with Gasteiger partial charge in [0.2, 0.25) is 11.8 Å². The van der Waals surface area contributed by atoms with Crippen molar-refractivity contribution < 1.29 is 14.5 Å². The number of primary amides is 1. The number of carbonyl (C=O) groups is 2. The van der Waals surface area contributed by atoms with E-state index in [0.29, 0.717) is 10.2 Å². The van der Waals surface area contributed by atoms with Crippen molar-refractivity contribution >= 4 is 39.1 Å². The van der Waals surface area contributed by atoms with Crippen LogP contribution in [0.15, 0.2) is 22.7 Å². The molecule has 100 valence electrons. The van der Waals surface area contributed by atoms with Crippen LogP contribution in [0, 0.1) is 16.0 Å². The molecule has 1 unspecified atom stereocenters. The number of nitrogens with two attached hydrogens (primary N) is 1. The van der Waals surface area contributed by atoms with Gasteiger partial charge in [0.15, 0.2) is 0 Å². The second-order valence-corrected chi connectivity index (χ2v) is 5.05. The summed E-state index contributed by atoms with van der Waals surface area (Å²) in [5.74, 6) is -1.26. The fraction of sp³-hybridized carbons (Fsp3) is 0.273. The Hall–Kier alpha value is -1.96. The van der Waals surface area contributed by atoms with E-state index in [0.717, 1.165) is 0 Å². The van der Waals surface area contributed by atoms with Crippen LogP contribution < -0.4 is 10.6 Å². The highest BCUT2D eigenvalue weighted by Crippen LogP contribution is 2.33. The van der Waals surface area contributed by atoms with Crippen LogP contribution in [0.3, 0.4) is 0 Å². The number of anilines is 1. The average Bonchev–Trinajstić information content (AvgIpc) is 2.71. The second kappa shape index (κ2) is 4.96. The number of halogens is 1. The smallest absolute Gasteiger partial charge is 0.270 e. The number of hydrogen-bond donors (Lipinski definition) is 1. The first-order valence-electron chi connectivity index (χ1n) is 5.43. The van der Waals surface area contributed by atoms with Gasteiger partial charge in [-0.25, -0.2) is 0 Å². The SMILES string of the molecule is NC(=O)C1CC(=O)N(c2ccc([N+](=O)[O-])cc2Br)C1. The van der Waals surface area contributed by atoms with E-state index in [4.69, 9.17) is 5.73 Å². The van der Waals surface area contributed by atoms with Crippen LogP contribution in [0.1, 0.15) is 6.42 Å². The average molecular weight is 328 g/mol. The summed E-state index contributed by atoms with van der Waals surface area (Å²) in [6.07, 6.45) is 0.0682. The number of nitro benzene ring substituents is 1. The Morgan fingerprint density at radius 1 is 1.53 bits per heavy atom. The number of benzene rings is 1. The molecule has 1 aromatic carbocycles. The Labute approximate surface area is 116 Å². The number of nitrogens with zero attached hydrogens (tertiary/aromatic N) is 2. The molecule has 0 spiro atoms. The molecule has 2 rings (SSSR count). The maximum absolute atomic E-state index is 11.8. The summed E-state index contributed by atoms with van der Waals surface area (Å²) in [7, 11) is 0. The van der Waals surface area contributed by atoms with Crippen molar-refractivity contribution in [3.8, 4) is 0 Å². The molecule has 1 saturated heterocycles. The van der Waals surface area contributed by atoms with Gasteiger partial charge in [0.05, 0.1) is 16.5 Å². The van der Waals surface area contributed by atoms with E-state index in [-0.39, 0.29) is 24.6 Å². The van der Waals surface area contributed by atoms with E-state index in [9.17, 15) is 19.7 Å². The third kappa shape index (κ3) is 2.58. The van der Waals surface area contributed by atoms with Crippen LogP contribution in [-0.4, -0.2) is 23.3 Å². The van der Waals surface area contributed by atoms with Crippen LogP contribution in [0.2, 0.25) is 0 Å². The Morgan fingerprint density at radius 2 is 2.21 bits per heavy atom. The molecule has 2 amide bonds. The number of non-ortho nitro benzene ring substituents is 1. The first kappa shape index (κ1) is 13.5. The lowest BCUT2D eigenvalue weighted by molar-refractivity contribution is -0.384. The summed E-state index contributed by atoms with van der Waals surface area (Å²) >= 11 is 3.20. The van der Waals surface area contributed by atoms with Crippen LogP contribution in [-0.2, 0) is 9.59 Å². The lowest BCUT2D eigenvalue weighted by atomic mass is 10.1. The summed E-state index contributed by atoms with van der Waals surface area (Å²) in [6, 6.07) is 4.11. The van der Waals surface area contributed by atoms with Gasteiger partial charge in [-0.3, -0.25) is 19.7 Å². The van der Waals surface area contributed by atoms with Gasteiger partial charge in [-0.1, -0.05) is 0 Å². The van der Waals surface area contributed by atoms with Crippen LogP contribution in [0.4, 0.5) is 11.4 Å². The minimum absolute atomic E-state index is 0.0682. The van der Waals surface area contributed by atoms with E-state index in [1.807, 2.05) is 0 Å². The first-order chi connectivity index (χ1) is 8.90. The number of amides is 2. The van der Waals surface area contributed by atoms with E-state index < -0.39 is 16.7 Å². The molecule has 0 radical (unpaired) electrons. The van der Waals surface area contributed by atoms with Crippen molar-refractivity contribution in [1.82, 2.24) is 0 Å². The highest BCUT2D eigenvalue weighted by atomic mass is 79.9. The number of rotatable bonds is 3. The van der Waals surface area contributed by atoms with Crippen LogP contribution >= 0.6 is 15.9 Å². The Bertz CT molecular complexity index is 575. The monoisotopic (exact) mass is 327 g/mol. The largest absolute Gasteiger partial charge is 0.369 e. The quantitative estimate of drug-likeness (QED) is 0.664. The summed E-state index contributed by atoms with van der Waals surface area (Å²) in [5.41, 5.74) is 5.61. The molecule has 1 aliphatic rings. The van der Waals surface area contributed by atoms with E-state index in [1.165, 1.54) is 23.1 Å². The summed E-state index contributed by atoms with van der Waals surface area (Å²) in [6.45, 7) is 0.199. The van der Waals surface area contributed by atoms with Crippen molar-refractivity contribution in [1.29, 1.82) is 0 Å². The molecule has 8 heteroatoms. The molecule has 7 nitrogen and oxygen atoms in total. The van der Waals surface area contributed by atoms with Crippen molar-refractivity contribution in [3.63, 3.8) is 0 Å². The minimum atomic E-state index is -0.521. The maximum Gasteiger partial charge on any atom is 0.270 e. The van der Waals surface area contributed by atoms with Crippen molar-refractivity contribution in [2.45, 2.75) is 6.42 Å². The Kier molecular flexibility index (Phi) is 3.52. The van der Waals surface area contributed by atoms with E-state index in [2.05, 4.69) is 15.9 Å². The van der Waals surface area contributed by atoms with E-state index in [1.54, 1.807) is 0 Å². The maximum atomic E-state index is 11.8. The van der Waals surface area contributed by atoms with Gasteiger partial charge >= 0.3 is 0 Å². The lowest BCUT2D eigenvalue weighted by Gasteiger charge is -2.17. The summed E-state index contributed by atoms with van der Waals surface area (Å²) in [4.78, 5) is 34.4. The van der Waals surface area contributed by atoms with Gasteiger partial charge in [-0.15, -0.1) is 0 Å². The highest BCUT2D eigenvalue weighted by Gasteiger charge is 2.34. The van der Waals surface area contributed by atoms with Crippen LogP contribution in [0.5, 0.6) is 0 Å². The number of nitro groups is 1. The Balaban J connectivity index is 2.30. The zero-order valence-electron chi connectivity index (χ0n) is 9.71. The van der Waals surface area contributed by atoms with Gasteiger partial charge in [0.1, 0.15) is 0 Å². The molecule has 0 aromatic heterocycles. The normalized spacial score (nSPS) is 18.7. The first-order valence-corrected chi connectivity index (χ1v) is 6.23. The summed E-state index contributed by atoms with van der Waals surface area (Å²) in [5, 5.41) is 10.6. The zero-order valence-corrected chi connectivity index (χ0v) is 11.3. The molecule has 1 fully saturated rings. The molecule has 0 bridgehead atoms. The molecular formula is C11H10BrN3O4. The fourth-order valence-electron chi connectivity index (χ4n) is 1.96. The predicted molar refractivity (Wildman–Crippen MR) is 70.5 cm³/mol. The highest BCUT2D eigenvalue weighted by molar-refractivity contribution is 9.10. The van der Waals surface area contributed by atoms with Gasteiger partial charge < -0.3 is 10.6 Å². The fourth-order valence-corrected chi connectivity index (χ4v) is 2.54. The molecule has 2 N–H and O–H groups in total. The van der Waals surface area contributed by atoms with Crippen molar-refractivity contribution in [3.05, 3.63) is 32.8 Å². The molecule has 1 aromatic rings. The molecule has 1 heterocycles. The van der Waals surface area contributed by atoms with Gasteiger partial charge in [0, 0.05) is 29.6 Å². The second-order valence-electron chi connectivity index (χ2n) is 4.20. The van der Waals surface area contributed by atoms with Crippen molar-refractivity contribution in [2.24, 2.45) is 11.7 Å².